The third-order valence-corrected chi connectivity index (χ3v) is 3.10. The Morgan fingerprint density at radius 3 is 2.74 bits per heavy atom. The number of ether oxygens (including phenoxy) is 2. The molecule has 1 aromatic carbocycles. The zero-order valence-corrected chi connectivity index (χ0v) is 11.5. The minimum absolute atomic E-state index is 0.365. The molecule has 1 heterocycles. The van der Waals surface area contributed by atoms with Crippen LogP contribution in [0.25, 0.3) is 11.0 Å². The maximum atomic E-state index is 11.7. The normalized spacial score (nSPS) is 10.7. The van der Waals surface area contributed by atoms with E-state index < -0.39 is 0 Å². The van der Waals surface area contributed by atoms with Gasteiger partial charge in [-0.1, -0.05) is 13.3 Å². The highest BCUT2D eigenvalue weighted by molar-refractivity contribution is 6.04. The van der Waals surface area contributed by atoms with E-state index in [2.05, 4.69) is 6.92 Å². The highest BCUT2D eigenvalue weighted by atomic mass is 16.5. The lowest BCUT2D eigenvalue weighted by Gasteiger charge is -2.04. The second-order valence-corrected chi connectivity index (χ2v) is 4.37. The van der Waals surface area contributed by atoms with Gasteiger partial charge in [0.1, 0.15) is 5.76 Å². The molecule has 19 heavy (non-hydrogen) atoms. The molecule has 0 spiro atoms. The van der Waals surface area contributed by atoms with Gasteiger partial charge in [0.05, 0.1) is 19.8 Å². The van der Waals surface area contributed by atoms with Gasteiger partial charge >= 0.3 is 5.97 Å². The summed E-state index contributed by atoms with van der Waals surface area (Å²) in [6.07, 6.45) is 3.00. The van der Waals surface area contributed by atoms with Crippen molar-refractivity contribution < 1.29 is 18.7 Å². The monoisotopic (exact) mass is 262 g/mol. The van der Waals surface area contributed by atoms with Crippen LogP contribution < -0.4 is 4.74 Å². The summed E-state index contributed by atoms with van der Waals surface area (Å²) in [5, 5.41) is 0.748. The molecule has 0 fully saturated rings. The van der Waals surface area contributed by atoms with Gasteiger partial charge in [0.15, 0.2) is 11.3 Å². The van der Waals surface area contributed by atoms with Crippen LogP contribution in [0.15, 0.2) is 22.6 Å². The predicted molar refractivity (Wildman–Crippen MR) is 72.7 cm³/mol. The fourth-order valence-corrected chi connectivity index (χ4v) is 2.07. The molecular weight excluding hydrogens is 244 g/mol. The zero-order chi connectivity index (χ0) is 13.8. The maximum absolute atomic E-state index is 11.7. The molecule has 1 aromatic heterocycles. The molecular formula is C15H18O4. The Hall–Kier alpha value is -1.97. The van der Waals surface area contributed by atoms with Crippen molar-refractivity contribution in [3.05, 3.63) is 29.5 Å². The van der Waals surface area contributed by atoms with Crippen LogP contribution in [0.3, 0.4) is 0 Å². The van der Waals surface area contributed by atoms with Crippen molar-refractivity contribution in [1.82, 2.24) is 0 Å². The number of esters is 1. The summed E-state index contributed by atoms with van der Waals surface area (Å²) in [5.41, 5.74) is 1.11. The molecule has 0 saturated carbocycles. The molecule has 0 radical (unpaired) electrons. The second kappa shape index (κ2) is 5.78. The van der Waals surface area contributed by atoms with Crippen LogP contribution >= 0.6 is 0 Å². The number of hydrogen-bond donors (Lipinski definition) is 0. The molecule has 0 unspecified atom stereocenters. The number of hydrogen-bond acceptors (Lipinski definition) is 4. The minimum Gasteiger partial charge on any atom is -0.493 e. The third kappa shape index (κ3) is 2.57. The van der Waals surface area contributed by atoms with Crippen LogP contribution in [0.4, 0.5) is 0 Å². The molecule has 2 rings (SSSR count). The van der Waals surface area contributed by atoms with Crippen molar-refractivity contribution in [2.24, 2.45) is 0 Å². The Kier molecular flexibility index (Phi) is 4.10. The van der Waals surface area contributed by atoms with Gasteiger partial charge in [-0.05, 0) is 24.6 Å². The Morgan fingerprint density at radius 1 is 1.32 bits per heavy atom. The van der Waals surface area contributed by atoms with Crippen LogP contribution in [0.1, 0.15) is 35.9 Å². The van der Waals surface area contributed by atoms with Gasteiger partial charge in [-0.15, -0.1) is 0 Å². The molecule has 0 aliphatic heterocycles. The number of carbonyl (C=O) groups excluding carboxylic acids is 1. The smallest absolute Gasteiger partial charge is 0.338 e. The Bertz CT molecular complexity index is 583. The molecule has 4 nitrogen and oxygen atoms in total. The molecule has 0 atom stereocenters. The topological polar surface area (TPSA) is 48.7 Å². The number of unbranched alkanes of at least 4 members (excludes halogenated alkanes) is 1. The minimum atomic E-state index is -0.365. The highest BCUT2D eigenvalue weighted by Crippen LogP contribution is 2.32. The van der Waals surface area contributed by atoms with E-state index in [1.807, 2.05) is 6.07 Å². The molecule has 2 aromatic rings. The van der Waals surface area contributed by atoms with E-state index in [1.54, 1.807) is 19.2 Å². The lowest BCUT2D eigenvalue weighted by Crippen LogP contribution is -2.01. The number of fused-ring (bicyclic) bond motifs is 1. The largest absolute Gasteiger partial charge is 0.493 e. The van der Waals surface area contributed by atoms with Gasteiger partial charge in [-0.2, -0.15) is 0 Å². The summed E-state index contributed by atoms with van der Waals surface area (Å²) in [6, 6.07) is 5.33. The fourth-order valence-electron chi connectivity index (χ4n) is 2.07. The number of methoxy groups -OCH3 is 2. The van der Waals surface area contributed by atoms with Crippen molar-refractivity contribution in [3.63, 3.8) is 0 Å². The standard InChI is InChI=1S/C15H18O4/c1-4-5-6-10-9-12-11(15(16)18-3)7-8-13(17-2)14(12)19-10/h7-9H,4-6H2,1-3H3. The van der Waals surface area contributed by atoms with E-state index in [9.17, 15) is 4.79 Å². The van der Waals surface area contributed by atoms with Crippen molar-refractivity contribution >= 4 is 16.9 Å². The number of aryl methyl sites for hydroxylation is 1. The van der Waals surface area contributed by atoms with Gasteiger partial charge in [-0.25, -0.2) is 4.79 Å². The van der Waals surface area contributed by atoms with Crippen molar-refractivity contribution in [2.75, 3.05) is 14.2 Å². The molecule has 0 aliphatic rings. The van der Waals surface area contributed by atoms with E-state index in [1.165, 1.54) is 7.11 Å². The molecule has 102 valence electrons. The number of rotatable bonds is 5. The summed E-state index contributed by atoms with van der Waals surface area (Å²) >= 11 is 0. The van der Waals surface area contributed by atoms with Crippen LogP contribution in [0.2, 0.25) is 0 Å². The van der Waals surface area contributed by atoms with Crippen LogP contribution in [0, 0.1) is 0 Å². The first-order valence-corrected chi connectivity index (χ1v) is 6.39. The summed E-state index contributed by atoms with van der Waals surface area (Å²) in [6.45, 7) is 2.13. The zero-order valence-electron chi connectivity index (χ0n) is 11.5. The molecule has 0 bridgehead atoms. The van der Waals surface area contributed by atoms with Crippen molar-refractivity contribution in [2.45, 2.75) is 26.2 Å². The Labute approximate surface area is 112 Å². The van der Waals surface area contributed by atoms with E-state index in [-0.39, 0.29) is 5.97 Å². The van der Waals surface area contributed by atoms with Gasteiger partial charge in [0, 0.05) is 11.8 Å². The molecule has 0 saturated heterocycles. The quantitative estimate of drug-likeness (QED) is 0.773. The first-order chi connectivity index (χ1) is 9.21. The maximum Gasteiger partial charge on any atom is 0.338 e. The van der Waals surface area contributed by atoms with E-state index >= 15 is 0 Å². The van der Waals surface area contributed by atoms with Crippen molar-refractivity contribution in [3.8, 4) is 5.75 Å². The predicted octanol–water partition coefficient (Wildman–Crippen LogP) is 3.57. The third-order valence-electron chi connectivity index (χ3n) is 3.10. The van der Waals surface area contributed by atoms with Crippen LogP contribution in [0.5, 0.6) is 5.75 Å². The van der Waals surface area contributed by atoms with E-state index in [4.69, 9.17) is 13.9 Å². The SMILES string of the molecule is CCCCc1cc2c(C(=O)OC)ccc(OC)c2o1. The lowest BCUT2D eigenvalue weighted by atomic mass is 10.1. The van der Waals surface area contributed by atoms with E-state index in [0.717, 1.165) is 30.4 Å². The number of carbonyl (C=O) groups is 1. The average molecular weight is 262 g/mol. The van der Waals surface area contributed by atoms with E-state index in [0.29, 0.717) is 16.9 Å². The summed E-state index contributed by atoms with van der Waals surface area (Å²) in [7, 11) is 2.96. The number of benzene rings is 1. The van der Waals surface area contributed by atoms with Crippen molar-refractivity contribution in [1.29, 1.82) is 0 Å². The van der Waals surface area contributed by atoms with Gasteiger partial charge in [0.25, 0.3) is 0 Å². The second-order valence-electron chi connectivity index (χ2n) is 4.37. The first kappa shape index (κ1) is 13.5. The first-order valence-electron chi connectivity index (χ1n) is 6.39. The molecule has 0 N–H and O–H groups in total. The molecule has 0 aliphatic carbocycles. The average Bonchev–Trinajstić information content (AvgIpc) is 2.86. The summed E-state index contributed by atoms with van der Waals surface area (Å²) in [4.78, 5) is 11.7. The molecule has 0 amide bonds. The number of furan rings is 1. The van der Waals surface area contributed by atoms with Crippen LogP contribution in [-0.2, 0) is 11.2 Å². The highest BCUT2D eigenvalue weighted by Gasteiger charge is 2.17. The van der Waals surface area contributed by atoms with Crippen LogP contribution in [-0.4, -0.2) is 20.2 Å². The summed E-state index contributed by atoms with van der Waals surface area (Å²) < 4.78 is 15.8. The Balaban J connectivity index is 2.53. The van der Waals surface area contributed by atoms with Gasteiger partial charge in [-0.3, -0.25) is 0 Å². The van der Waals surface area contributed by atoms with Gasteiger partial charge in [0.2, 0.25) is 0 Å². The lowest BCUT2D eigenvalue weighted by molar-refractivity contribution is 0.0603. The summed E-state index contributed by atoms with van der Waals surface area (Å²) in [5.74, 6) is 1.13. The fraction of sp³-hybridized carbons (Fsp3) is 0.400. The Morgan fingerprint density at radius 2 is 2.11 bits per heavy atom. The molecule has 4 heteroatoms. The van der Waals surface area contributed by atoms with Gasteiger partial charge < -0.3 is 13.9 Å².